The summed E-state index contributed by atoms with van der Waals surface area (Å²) in [4.78, 5) is 21.0. The van der Waals surface area contributed by atoms with Crippen LogP contribution < -0.4 is 25.8 Å². The van der Waals surface area contributed by atoms with Crippen LogP contribution in [0.3, 0.4) is 0 Å². The third-order valence-electron chi connectivity index (χ3n) is 3.67. The van der Waals surface area contributed by atoms with E-state index in [0.717, 1.165) is 5.69 Å². The van der Waals surface area contributed by atoms with E-state index >= 15 is 0 Å². The van der Waals surface area contributed by atoms with Crippen LogP contribution in [0.4, 0.5) is 15.8 Å². The number of ether oxygens (including phenoxy) is 2. The van der Waals surface area contributed by atoms with Crippen molar-refractivity contribution in [1.29, 1.82) is 0 Å². The highest BCUT2D eigenvalue weighted by molar-refractivity contribution is 7.19. The fourth-order valence-electron chi connectivity index (χ4n) is 2.28. The van der Waals surface area contributed by atoms with Crippen LogP contribution in [0.2, 0.25) is 0 Å². The molecule has 8 nitrogen and oxygen atoms in total. The van der Waals surface area contributed by atoms with E-state index in [1.54, 1.807) is 56.8 Å². The maximum absolute atomic E-state index is 12.5. The number of rotatable bonds is 7. The van der Waals surface area contributed by atoms with Crippen molar-refractivity contribution in [2.24, 2.45) is 5.73 Å². The summed E-state index contributed by atoms with van der Waals surface area (Å²) < 4.78 is 10.2. The lowest BCUT2D eigenvalue weighted by Crippen LogP contribution is -2.13. The molecule has 0 aliphatic carbocycles. The minimum Gasteiger partial charge on any atom is -0.497 e. The van der Waals surface area contributed by atoms with Gasteiger partial charge in [-0.15, -0.1) is 0 Å². The van der Waals surface area contributed by atoms with E-state index in [-0.39, 0.29) is 12.5 Å². The van der Waals surface area contributed by atoms with E-state index in [0.29, 0.717) is 33.0 Å². The zero-order valence-electron chi connectivity index (χ0n) is 14.9. The Morgan fingerprint density at radius 3 is 2.63 bits per heavy atom. The number of hydrogen-bond acceptors (Lipinski definition) is 8. The van der Waals surface area contributed by atoms with Crippen molar-refractivity contribution in [1.82, 2.24) is 9.97 Å². The highest BCUT2D eigenvalue weighted by Gasteiger charge is 2.14. The molecular weight excluding hydrogens is 366 g/mol. The molecule has 0 aliphatic rings. The molecule has 27 heavy (non-hydrogen) atoms. The summed E-state index contributed by atoms with van der Waals surface area (Å²) >= 11 is 1.30. The first-order valence-corrected chi connectivity index (χ1v) is 8.87. The third-order valence-corrected chi connectivity index (χ3v) is 4.59. The van der Waals surface area contributed by atoms with Crippen molar-refractivity contribution < 1.29 is 14.3 Å². The number of thiazole rings is 1. The van der Waals surface area contributed by atoms with Gasteiger partial charge in [-0.05, 0) is 30.3 Å². The first-order chi connectivity index (χ1) is 13.1. The van der Waals surface area contributed by atoms with Gasteiger partial charge in [0.2, 0.25) is 5.88 Å². The summed E-state index contributed by atoms with van der Waals surface area (Å²) in [5.74, 6) is 0.933. The zero-order valence-corrected chi connectivity index (χ0v) is 15.7. The highest BCUT2D eigenvalue weighted by atomic mass is 32.1. The normalized spacial score (nSPS) is 10.3. The van der Waals surface area contributed by atoms with E-state index in [4.69, 9.17) is 15.2 Å². The summed E-state index contributed by atoms with van der Waals surface area (Å²) in [6.45, 7) is 0.204. The van der Waals surface area contributed by atoms with E-state index in [2.05, 4.69) is 20.6 Å². The zero-order chi connectivity index (χ0) is 19.2. The largest absolute Gasteiger partial charge is 0.497 e. The monoisotopic (exact) mass is 385 g/mol. The molecule has 0 radical (unpaired) electrons. The first-order valence-electron chi connectivity index (χ1n) is 8.05. The second kappa shape index (κ2) is 8.47. The predicted octanol–water partition coefficient (Wildman–Crippen LogP) is 3.01. The molecule has 0 aliphatic heterocycles. The van der Waals surface area contributed by atoms with Crippen molar-refractivity contribution in [2.75, 3.05) is 24.9 Å². The molecule has 1 aromatic carbocycles. The molecule has 2 aromatic heterocycles. The van der Waals surface area contributed by atoms with Crippen molar-refractivity contribution >= 4 is 33.1 Å². The Labute approximate surface area is 160 Å². The number of carbonyl (C=O) groups excluding carboxylic acids is 1. The van der Waals surface area contributed by atoms with Crippen LogP contribution in [0.1, 0.15) is 16.1 Å². The fourth-order valence-corrected chi connectivity index (χ4v) is 3.19. The Hall–Kier alpha value is -3.17. The van der Waals surface area contributed by atoms with E-state index in [9.17, 15) is 4.79 Å². The molecule has 0 atom stereocenters. The molecule has 9 heteroatoms. The molecule has 4 N–H and O–H groups in total. The minimum absolute atomic E-state index is 0.204. The van der Waals surface area contributed by atoms with Crippen LogP contribution in [0.25, 0.3) is 0 Å². The summed E-state index contributed by atoms with van der Waals surface area (Å²) in [7, 11) is 3.13. The number of amides is 1. The van der Waals surface area contributed by atoms with Crippen LogP contribution in [0.5, 0.6) is 11.6 Å². The molecule has 0 unspecified atom stereocenters. The van der Waals surface area contributed by atoms with Gasteiger partial charge in [-0.3, -0.25) is 4.79 Å². The van der Waals surface area contributed by atoms with E-state index in [1.807, 2.05) is 0 Å². The molecule has 3 aromatic rings. The molecule has 2 heterocycles. The third kappa shape index (κ3) is 4.52. The van der Waals surface area contributed by atoms with Gasteiger partial charge in [0.05, 0.1) is 19.9 Å². The van der Waals surface area contributed by atoms with Gasteiger partial charge in [0.1, 0.15) is 10.8 Å². The van der Waals surface area contributed by atoms with Crippen molar-refractivity contribution in [2.45, 2.75) is 6.54 Å². The quantitative estimate of drug-likeness (QED) is 0.573. The Balaban J connectivity index is 1.76. The molecule has 140 valence electrons. The Morgan fingerprint density at radius 2 is 1.96 bits per heavy atom. The molecule has 0 bridgehead atoms. The maximum atomic E-state index is 12.5. The lowest BCUT2D eigenvalue weighted by molar-refractivity contribution is 0.102. The number of pyridine rings is 1. The Bertz CT molecular complexity index is 927. The molecular formula is C18H19N5O3S. The minimum atomic E-state index is -0.242. The molecule has 3 rings (SSSR count). The summed E-state index contributed by atoms with van der Waals surface area (Å²) in [6, 6.07) is 10.4. The maximum Gasteiger partial charge on any atom is 0.256 e. The van der Waals surface area contributed by atoms with Gasteiger partial charge in [-0.1, -0.05) is 11.3 Å². The molecule has 0 saturated carbocycles. The number of aromatic nitrogens is 2. The van der Waals surface area contributed by atoms with Crippen molar-refractivity contribution in [3.63, 3.8) is 0 Å². The smallest absolute Gasteiger partial charge is 0.256 e. The second-order valence-electron chi connectivity index (χ2n) is 5.39. The lowest BCUT2D eigenvalue weighted by Gasteiger charge is -2.05. The molecule has 0 spiro atoms. The number of nitrogens with two attached hydrogens (primary N) is 1. The average molecular weight is 385 g/mol. The van der Waals surface area contributed by atoms with Crippen LogP contribution in [-0.4, -0.2) is 30.1 Å². The summed E-state index contributed by atoms with van der Waals surface area (Å²) in [5.41, 5.74) is 7.66. The predicted molar refractivity (Wildman–Crippen MR) is 105 cm³/mol. The highest BCUT2D eigenvalue weighted by Crippen LogP contribution is 2.31. The van der Waals surface area contributed by atoms with E-state index in [1.165, 1.54) is 11.3 Å². The lowest BCUT2D eigenvalue weighted by atomic mass is 10.2. The van der Waals surface area contributed by atoms with Gasteiger partial charge in [0, 0.05) is 30.1 Å². The second-order valence-corrected chi connectivity index (χ2v) is 6.39. The van der Waals surface area contributed by atoms with Gasteiger partial charge in [0.15, 0.2) is 5.13 Å². The standard InChI is InChI=1S/C18H19N5O3S/c1-25-13-5-3-11(4-6-13)16(24)23-17-14(10-19)22-18(27-17)21-12-7-8-20-15(9-12)26-2/h3-9H,10,19H2,1-2H3,(H,23,24)(H,20,21,22). The number of nitrogens with zero attached hydrogens (tertiary/aromatic N) is 2. The van der Waals surface area contributed by atoms with Crippen molar-refractivity contribution in [3.05, 3.63) is 53.9 Å². The Kier molecular flexibility index (Phi) is 5.84. The fraction of sp³-hybridized carbons (Fsp3) is 0.167. The van der Waals surface area contributed by atoms with E-state index < -0.39 is 0 Å². The molecule has 0 saturated heterocycles. The van der Waals surface area contributed by atoms with Crippen LogP contribution in [0, 0.1) is 0 Å². The number of hydrogen-bond donors (Lipinski definition) is 3. The number of methoxy groups -OCH3 is 2. The van der Waals surface area contributed by atoms with Gasteiger partial charge in [0.25, 0.3) is 5.91 Å². The van der Waals surface area contributed by atoms with Crippen LogP contribution in [-0.2, 0) is 6.54 Å². The molecule has 1 amide bonds. The van der Waals surface area contributed by atoms with Crippen LogP contribution >= 0.6 is 11.3 Å². The summed E-state index contributed by atoms with van der Waals surface area (Å²) in [6.07, 6.45) is 1.63. The number of nitrogens with one attached hydrogen (secondary N) is 2. The van der Waals surface area contributed by atoms with Gasteiger partial charge >= 0.3 is 0 Å². The topological polar surface area (TPSA) is 111 Å². The Morgan fingerprint density at radius 1 is 1.19 bits per heavy atom. The van der Waals surface area contributed by atoms with Crippen LogP contribution in [0.15, 0.2) is 42.6 Å². The van der Waals surface area contributed by atoms with Gasteiger partial charge < -0.3 is 25.8 Å². The van der Waals surface area contributed by atoms with Gasteiger partial charge in [-0.25, -0.2) is 9.97 Å². The van der Waals surface area contributed by atoms with Crippen molar-refractivity contribution in [3.8, 4) is 11.6 Å². The number of anilines is 3. The number of carbonyl (C=O) groups is 1. The summed E-state index contributed by atoms with van der Waals surface area (Å²) in [5, 5.41) is 7.23. The number of benzene rings is 1. The SMILES string of the molecule is COc1ccc(C(=O)Nc2sc(Nc3ccnc(OC)c3)nc2CN)cc1. The average Bonchev–Trinajstić information content (AvgIpc) is 3.09. The molecule has 0 fully saturated rings. The van der Waals surface area contributed by atoms with Gasteiger partial charge in [-0.2, -0.15) is 0 Å². The first kappa shape index (κ1) is 18.6.